The van der Waals surface area contributed by atoms with Crippen molar-refractivity contribution in [1.29, 1.82) is 0 Å². The Morgan fingerprint density at radius 2 is 2.00 bits per heavy atom. The van der Waals surface area contributed by atoms with Crippen LogP contribution in [0.25, 0.3) is 0 Å². The Morgan fingerprint density at radius 1 is 1.32 bits per heavy atom. The van der Waals surface area contributed by atoms with E-state index in [1.165, 1.54) is 0 Å². The fraction of sp³-hybridized carbons (Fsp3) is 0.500. The number of nitrogens with two attached hydrogens (primary N) is 1. The summed E-state index contributed by atoms with van der Waals surface area (Å²) in [5.74, 6) is -0.0833. The molecule has 1 aromatic carbocycles. The highest BCUT2D eigenvalue weighted by Gasteiger charge is 2.19. The first-order chi connectivity index (χ1) is 8.79. The van der Waals surface area contributed by atoms with Gasteiger partial charge in [-0.2, -0.15) is 0 Å². The maximum Gasteiger partial charge on any atom is 0.253 e. The highest BCUT2D eigenvalue weighted by molar-refractivity contribution is 5.85. The molecule has 1 amide bonds. The summed E-state index contributed by atoms with van der Waals surface area (Å²) in [7, 11) is 0. The SMILES string of the molecule is CCOC(C(=O)NCCCCN)c1ccccc1.Cl. The fourth-order valence-corrected chi connectivity index (χ4v) is 1.69. The van der Waals surface area contributed by atoms with Crippen molar-refractivity contribution in [1.82, 2.24) is 5.32 Å². The average Bonchev–Trinajstić information content (AvgIpc) is 2.41. The van der Waals surface area contributed by atoms with Crippen molar-refractivity contribution in [3.8, 4) is 0 Å². The quantitative estimate of drug-likeness (QED) is 0.719. The highest BCUT2D eigenvalue weighted by Crippen LogP contribution is 2.17. The number of carbonyl (C=O) groups excluding carboxylic acids is 1. The zero-order chi connectivity index (χ0) is 13.2. The van der Waals surface area contributed by atoms with Crippen LogP contribution < -0.4 is 11.1 Å². The van der Waals surface area contributed by atoms with Crippen molar-refractivity contribution in [3.05, 3.63) is 35.9 Å². The second kappa shape index (κ2) is 10.8. The lowest BCUT2D eigenvalue weighted by molar-refractivity contribution is -0.133. The van der Waals surface area contributed by atoms with Gasteiger partial charge in [-0.25, -0.2) is 0 Å². The lowest BCUT2D eigenvalue weighted by Gasteiger charge is -2.17. The van der Waals surface area contributed by atoms with E-state index in [2.05, 4.69) is 5.32 Å². The number of nitrogens with one attached hydrogen (secondary N) is 1. The van der Waals surface area contributed by atoms with Crippen molar-refractivity contribution in [2.75, 3.05) is 19.7 Å². The average molecular weight is 287 g/mol. The number of hydrogen-bond acceptors (Lipinski definition) is 3. The second-order valence-corrected chi connectivity index (χ2v) is 4.03. The molecule has 0 aliphatic carbocycles. The van der Waals surface area contributed by atoms with E-state index in [0.717, 1.165) is 18.4 Å². The van der Waals surface area contributed by atoms with Crippen molar-refractivity contribution in [2.45, 2.75) is 25.9 Å². The number of benzene rings is 1. The predicted molar refractivity (Wildman–Crippen MR) is 79.4 cm³/mol. The van der Waals surface area contributed by atoms with Crippen LogP contribution in [0, 0.1) is 0 Å². The molecule has 1 unspecified atom stereocenters. The minimum Gasteiger partial charge on any atom is -0.364 e. The van der Waals surface area contributed by atoms with Crippen LogP contribution in [0.3, 0.4) is 0 Å². The molecule has 0 saturated carbocycles. The Hall–Kier alpha value is -1.10. The number of ether oxygens (including phenoxy) is 1. The van der Waals surface area contributed by atoms with Crippen LogP contribution in [0.2, 0.25) is 0 Å². The molecule has 0 bridgehead atoms. The molecule has 0 aliphatic rings. The number of hydrogen-bond donors (Lipinski definition) is 2. The van der Waals surface area contributed by atoms with Gasteiger partial charge in [0.15, 0.2) is 6.10 Å². The zero-order valence-corrected chi connectivity index (χ0v) is 12.1. The van der Waals surface area contributed by atoms with E-state index in [0.29, 0.717) is 19.7 Å². The van der Waals surface area contributed by atoms with Gasteiger partial charge in [0.2, 0.25) is 0 Å². The lowest BCUT2D eigenvalue weighted by Crippen LogP contribution is -2.31. The predicted octanol–water partition coefficient (Wildman–Crippen LogP) is 2.04. The minimum absolute atomic E-state index is 0. The minimum atomic E-state index is -0.519. The number of halogens is 1. The molecule has 0 radical (unpaired) electrons. The van der Waals surface area contributed by atoms with Gasteiger partial charge in [-0.1, -0.05) is 30.3 Å². The number of carbonyl (C=O) groups is 1. The molecule has 3 N–H and O–H groups in total. The normalized spacial score (nSPS) is 11.5. The molecule has 0 aromatic heterocycles. The molecule has 1 aromatic rings. The van der Waals surface area contributed by atoms with Crippen LogP contribution in [-0.4, -0.2) is 25.6 Å². The van der Waals surface area contributed by atoms with Gasteiger partial charge >= 0.3 is 0 Å². The molecular weight excluding hydrogens is 264 g/mol. The van der Waals surface area contributed by atoms with Crippen LogP contribution in [0.5, 0.6) is 0 Å². The van der Waals surface area contributed by atoms with Gasteiger partial charge < -0.3 is 15.8 Å². The smallest absolute Gasteiger partial charge is 0.253 e. The molecule has 0 fully saturated rings. The van der Waals surface area contributed by atoms with Crippen molar-refractivity contribution >= 4 is 18.3 Å². The molecule has 4 nitrogen and oxygen atoms in total. The molecule has 0 aliphatic heterocycles. The van der Waals surface area contributed by atoms with Crippen molar-refractivity contribution < 1.29 is 9.53 Å². The molecule has 1 rings (SSSR count). The first kappa shape index (κ1) is 17.9. The van der Waals surface area contributed by atoms with E-state index in [4.69, 9.17) is 10.5 Å². The molecule has 5 heteroatoms. The molecule has 108 valence electrons. The number of rotatable bonds is 8. The Morgan fingerprint density at radius 3 is 2.58 bits per heavy atom. The monoisotopic (exact) mass is 286 g/mol. The second-order valence-electron chi connectivity index (χ2n) is 4.03. The van der Waals surface area contributed by atoms with Gasteiger partial charge in [0.05, 0.1) is 0 Å². The van der Waals surface area contributed by atoms with Gasteiger partial charge in [-0.05, 0) is 31.9 Å². The Balaban J connectivity index is 0.00000324. The fourth-order valence-electron chi connectivity index (χ4n) is 1.69. The summed E-state index contributed by atoms with van der Waals surface area (Å²) in [4.78, 5) is 12.0. The number of amides is 1. The van der Waals surface area contributed by atoms with E-state index in [1.54, 1.807) is 0 Å². The molecular formula is C14H23ClN2O2. The summed E-state index contributed by atoms with van der Waals surface area (Å²) >= 11 is 0. The van der Waals surface area contributed by atoms with Crippen LogP contribution in [0.1, 0.15) is 31.4 Å². The Bertz CT molecular complexity index is 347. The van der Waals surface area contributed by atoms with Crippen LogP contribution in [-0.2, 0) is 9.53 Å². The first-order valence-electron chi connectivity index (χ1n) is 6.44. The van der Waals surface area contributed by atoms with E-state index in [-0.39, 0.29) is 18.3 Å². The van der Waals surface area contributed by atoms with E-state index < -0.39 is 6.10 Å². The molecule has 19 heavy (non-hydrogen) atoms. The van der Waals surface area contributed by atoms with Gasteiger partial charge in [0.1, 0.15) is 0 Å². The van der Waals surface area contributed by atoms with Gasteiger partial charge in [-0.15, -0.1) is 12.4 Å². The third kappa shape index (κ3) is 6.57. The van der Waals surface area contributed by atoms with Crippen molar-refractivity contribution in [2.24, 2.45) is 5.73 Å². The van der Waals surface area contributed by atoms with Crippen LogP contribution >= 0.6 is 12.4 Å². The standard InChI is InChI=1S/C14H22N2O2.ClH/c1-2-18-13(12-8-4-3-5-9-12)14(17)16-11-7-6-10-15;/h3-5,8-9,13H,2,6-7,10-11,15H2,1H3,(H,16,17);1H. The number of unbranched alkanes of at least 4 members (excludes halogenated alkanes) is 1. The topological polar surface area (TPSA) is 64.3 Å². The summed E-state index contributed by atoms with van der Waals surface area (Å²) in [6.07, 6.45) is 1.30. The largest absolute Gasteiger partial charge is 0.364 e. The van der Waals surface area contributed by atoms with Crippen molar-refractivity contribution in [3.63, 3.8) is 0 Å². The molecule has 0 saturated heterocycles. The maximum atomic E-state index is 12.0. The molecule has 1 atom stereocenters. The third-order valence-electron chi connectivity index (χ3n) is 2.60. The lowest BCUT2D eigenvalue weighted by atomic mass is 10.1. The summed E-state index contributed by atoms with van der Waals surface area (Å²) in [6.45, 7) is 3.70. The summed E-state index contributed by atoms with van der Waals surface area (Å²) < 4.78 is 5.51. The molecule has 0 spiro atoms. The van der Waals surface area contributed by atoms with Gasteiger partial charge in [0, 0.05) is 13.2 Å². The van der Waals surface area contributed by atoms with Crippen LogP contribution in [0.4, 0.5) is 0 Å². The van der Waals surface area contributed by atoms with Gasteiger partial charge in [0.25, 0.3) is 5.91 Å². The van der Waals surface area contributed by atoms with E-state index in [9.17, 15) is 4.79 Å². The summed E-state index contributed by atoms with van der Waals surface area (Å²) in [6, 6.07) is 9.54. The Kier molecular flexibility index (Phi) is 10.2. The summed E-state index contributed by atoms with van der Waals surface area (Å²) in [5, 5.41) is 2.88. The van der Waals surface area contributed by atoms with E-state index >= 15 is 0 Å². The third-order valence-corrected chi connectivity index (χ3v) is 2.60. The van der Waals surface area contributed by atoms with Crippen LogP contribution in [0.15, 0.2) is 30.3 Å². The first-order valence-corrected chi connectivity index (χ1v) is 6.44. The van der Waals surface area contributed by atoms with Gasteiger partial charge in [-0.3, -0.25) is 4.79 Å². The maximum absolute atomic E-state index is 12.0. The summed E-state index contributed by atoms with van der Waals surface area (Å²) in [5.41, 5.74) is 6.29. The zero-order valence-electron chi connectivity index (χ0n) is 11.3. The highest BCUT2D eigenvalue weighted by atomic mass is 35.5. The molecule has 0 heterocycles. The Labute approximate surface area is 121 Å². The van der Waals surface area contributed by atoms with E-state index in [1.807, 2.05) is 37.3 Å².